The molecule has 1 atom stereocenters. The van der Waals surface area contributed by atoms with Crippen LogP contribution in [0.3, 0.4) is 0 Å². The van der Waals surface area contributed by atoms with Crippen molar-refractivity contribution in [3.63, 3.8) is 0 Å². The van der Waals surface area contributed by atoms with Crippen LogP contribution in [0.2, 0.25) is 0 Å². The highest BCUT2D eigenvalue weighted by molar-refractivity contribution is 5.72. The van der Waals surface area contributed by atoms with Gasteiger partial charge in [0.1, 0.15) is 6.10 Å². The van der Waals surface area contributed by atoms with E-state index in [2.05, 4.69) is 5.32 Å². The average Bonchev–Trinajstić information content (AvgIpc) is 2.82. The molecule has 0 spiro atoms. The van der Waals surface area contributed by atoms with Crippen molar-refractivity contribution in [1.29, 1.82) is 0 Å². The Labute approximate surface area is 184 Å². The molecule has 1 fully saturated rings. The van der Waals surface area contributed by atoms with Gasteiger partial charge in [0, 0.05) is 0 Å². The zero-order valence-corrected chi connectivity index (χ0v) is 18.0. The van der Waals surface area contributed by atoms with Gasteiger partial charge in [-0.15, -0.1) is 0 Å². The standard InChI is InChI=1S/C16H16O2.C11H15NO/c1-13(15-10-6-3-7-11-15)18-16(17)12-14-8-4-2-5-9-14;13-11(6-8-12-9-7-11)10-4-2-1-3-5-10/h2-11,13H,12H2,1H3;1-5,12-13H,6-9H2. The highest BCUT2D eigenvalue weighted by Crippen LogP contribution is 2.29. The van der Waals surface area contributed by atoms with Gasteiger partial charge in [-0.3, -0.25) is 4.79 Å². The minimum atomic E-state index is -0.591. The third kappa shape index (κ3) is 7.06. The maximum absolute atomic E-state index is 11.8. The van der Waals surface area contributed by atoms with E-state index in [1.807, 2.05) is 97.9 Å². The highest BCUT2D eigenvalue weighted by atomic mass is 16.5. The number of nitrogens with one attached hydrogen (secondary N) is 1. The summed E-state index contributed by atoms with van der Waals surface area (Å²) in [7, 11) is 0. The summed E-state index contributed by atoms with van der Waals surface area (Å²) in [5, 5.41) is 13.6. The minimum absolute atomic E-state index is 0.197. The molecule has 4 rings (SSSR count). The first-order chi connectivity index (χ1) is 15.1. The molecule has 1 unspecified atom stereocenters. The molecule has 3 aromatic carbocycles. The van der Waals surface area contributed by atoms with Crippen LogP contribution in [0.15, 0.2) is 91.0 Å². The quantitative estimate of drug-likeness (QED) is 0.586. The molecule has 1 saturated heterocycles. The first-order valence-electron chi connectivity index (χ1n) is 10.8. The zero-order valence-electron chi connectivity index (χ0n) is 18.0. The third-order valence-electron chi connectivity index (χ3n) is 5.51. The van der Waals surface area contributed by atoms with E-state index >= 15 is 0 Å². The second-order valence-electron chi connectivity index (χ2n) is 7.85. The van der Waals surface area contributed by atoms with E-state index < -0.39 is 5.60 Å². The number of aliphatic hydroxyl groups is 1. The summed E-state index contributed by atoms with van der Waals surface area (Å²) in [6, 6.07) is 29.3. The van der Waals surface area contributed by atoms with E-state index in [9.17, 15) is 9.90 Å². The maximum Gasteiger partial charge on any atom is 0.310 e. The number of esters is 1. The molecule has 0 aromatic heterocycles. The monoisotopic (exact) mass is 417 g/mol. The van der Waals surface area contributed by atoms with Crippen molar-refractivity contribution in [2.24, 2.45) is 0 Å². The van der Waals surface area contributed by atoms with Gasteiger partial charge in [-0.1, -0.05) is 91.0 Å². The van der Waals surface area contributed by atoms with Crippen LogP contribution in [0.1, 0.15) is 42.6 Å². The van der Waals surface area contributed by atoms with Gasteiger partial charge in [0.25, 0.3) is 0 Å². The molecule has 0 aliphatic carbocycles. The Bertz CT molecular complexity index is 907. The van der Waals surface area contributed by atoms with Gasteiger partial charge < -0.3 is 15.2 Å². The van der Waals surface area contributed by atoms with Crippen LogP contribution in [0, 0.1) is 0 Å². The van der Waals surface area contributed by atoms with Crippen LogP contribution in [-0.2, 0) is 21.6 Å². The lowest BCUT2D eigenvalue weighted by molar-refractivity contribution is -0.147. The molecule has 2 N–H and O–H groups in total. The Balaban J connectivity index is 0.000000185. The Hall–Kier alpha value is -2.95. The molecular weight excluding hydrogens is 386 g/mol. The van der Waals surface area contributed by atoms with Crippen molar-refractivity contribution in [3.8, 4) is 0 Å². The average molecular weight is 418 g/mol. The van der Waals surface area contributed by atoms with Gasteiger partial charge >= 0.3 is 5.97 Å². The van der Waals surface area contributed by atoms with E-state index in [0.717, 1.165) is 42.6 Å². The third-order valence-corrected chi connectivity index (χ3v) is 5.51. The summed E-state index contributed by atoms with van der Waals surface area (Å²) >= 11 is 0. The van der Waals surface area contributed by atoms with Crippen LogP contribution >= 0.6 is 0 Å². The Kier molecular flexibility index (Phi) is 8.39. The van der Waals surface area contributed by atoms with Gasteiger partial charge in [-0.2, -0.15) is 0 Å². The lowest BCUT2D eigenvalue weighted by Gasteiger charge is -2.32. The molecule has 0 saturated carbocycles. The number of piperidine rings is 1. The summed E-state index contributed by atoms with van der Waals surface area (Å²) in [5.41, 5.74) is 2.45. The molecule has 4 nitrogen and oxygen atoms in total. The predicted molar refractivity (Wildman–Crippen MR) is 124 cm³/mol. The largest absolute Gasteiger partial charge is 0.458 e. The highest BCUT2D eigenvalue weighted by Gasteiger charge is 2.30. The Morgan fingerprint density at radius 2 is 1.42 bits per heavy atom. The van der Waals surface area contributed by atoms with Gasteiger partial charge in [0.15, 0.2) is 0 Å². The summed E-state index contributed by atoms with van der Waals surface area (Å²) in [5.74, 6) is -0.197. The van der Waals surface area contributed by atoms with Crippen LogP contribution in [0.5, 0.6) is 0 Å². The molecular formula is C27H31NO3. The number of hydrogen-bond acceptors (Lipinski definition) is 4. The second-order valence-corrected chi connectivity index (χ2v) is 7.85. The van der Waals surface area contributed by atoms with Crippen molar-refractivity contribution in [1.82, 2.24) is 5.32 Å². The molecule has 0 radical (unpaired) electrons. The second kappa shape index (κ2) is 11.4. The Morgan fingerprint density at radius 1 is 0.903 bits per heavy atom. The fourth-order valence-corrected chi connectivity index (χ4v) is 3.67. The summed E-state index contributed by atoms with van der Waals surface area (Å²) < 4.78 is 5.40. The summed E-state index contributed by atoms with van der Waals surface area (Å²) in [4.78, 5) is 11.8. The summed E-state index contributed by atoms with van der Waals surface area (Å²) in [6.07, 6.45) is 1.74. The van der Waals surface area contributed by atoms with E-state index in [0.29, 0.717) is 6.42 Å². The molecule has 162 valence electrons. The number of ether oxygens (including phenoxy) is 1. The van der Waals surface area contributed by atoms with Gasteiger partial charge in [0.2, 0.25) is 0 Å². The Morgan fingerprint density at radius 3 is 2.00 bits per heavy atom. The van der Waals surface area contributed by atoms with Crippen molar-refractivity contribution in [2.45, 2.75) is 37.9 Å². The van der Waals surface area contributed by atoms with Crippen molar-refractivity contribution < 1.29 is 14.6 Å². The van der Waals surface area contributed by atoms with Crippen molar-refractivity contribution in [2.75, 3.05) is 13.1 Å². The smallest absolute Gasteiger partial charge is 0.310 e. The SMILES string of the molecule is CC(OC(=O)Cc1ccccc1)c1ccccc1.OC1(c2ccccc2)CCNCC1. The molecule has 1 aliphatic heterocycles. The molecule has 1 aliphatic rings. The predicted octanol–water partition coefficient (Wildman–Crippen LogP) is 4.79. The topological polar surface area (TPSA) is 58.6 Å². The maximum atomic E-state index is 11.8. The summed E-state index contributed by atoms with van der Waals surface area (Å²) in [6.45, 7) is 3.70. The molecule has 4 heteroatoms. The molecule has 0 amide bonds. The van der Waals surface area contributed by atoms with E-state index in [4.69, 9.17) is 4.74 Å². The van der Waals surface area contributed by atoms with Crippen LogP contribution in [-0.4, -0.2) is 24.2 Å². The lowest BCUT2D eigenvalue weighted by atomic mass is 9.85. The van der Waals surface area contributed by atoms with Gasteiger partial charge in [0.05, 0.1) is 12.0 Å². The normalized spacial score (nSPS) is 15.8. The van der Waals surface area contributed by atoms with Crippen molar-refractivity contribution in [3.05, 3.63) is 108 Å². The first-order valence-corrected chi connectivity index (χ1v) is 10.8. The van der Waals surface area contributed by atoms with E-state index in [-0.39, 0.29) is 12.1 Å². The molecule has 1 heterocycles. The fourth-order valence-electron chi connectivity index (χ4n) is 3.67. The molecule has 0 bridgehead atoms. The van der Waals surface area contributed by atoms with Gasteiger partial charge in [-0.05, 0) is 49.5 Å². The van der Waals surface area contributed by atoms with E-state index in [1.54, 1.807) is 0 Å². The first kappa shape index (κ1) is 22.7. The number of hydrogen-bond donors (Lipinski definition) is 2. The van der Waals surface area contributed by atoms with Crippen LogP contribution in [0.25, 0.3) is 0 Å². The fraction of sp³-hybridized carbons (Fsp3) is 0.296. The lowest BCUT2D eigenvalue weighted by Crippen LogP contribution is -2.39. The van der Waals surface area contributed by atoms with Gasteiger partial charge in [-0.25, -0.2) is 0 Å². The molecule has 3 aromatic rings. The number of carbonyl (C=O) groups is 1. The number of benzene rings is 3. The molecule has 31 heavy (non-hydrogen) atoms. The van der Waals surface area contributed by atoms with Crippen LogP contribution in [0.4, 0.5) is 0 Å². The van der Waals surface area contributed by atoms with Crippen molar-refractivity contribution >= 4 is 5.97 Å². The van der Waals surface area contributed by atoms with Crippen LogP contribution < -0.4 is 5.32 Å². The number of rotatable bonds is 5. The minimum Gasteiger partial charge on any atom is -0.458 e. The zero-order chi connectivity index (χ0) is 21.9. The number of carbonyl (C=O) groups excluding carboxylic acids is 1. The van der Waals surface area contributed by atoms with E-state index in [1.165, 1.54) is 0 Å².